The van der Waals surface area contributed by atoms with Gasteiger partial charge in [-0.1, -0.05) is 0 Å². The van der Waals surface area contributed by atoms with Crippen LogP contribution >= 0.6 is 11.3 Å². The molecule has 112 valence electrons. The Labute approximate surface area is 125 Å². The maximum Gasteiger partial charge on any atom is 0.236 e. The highest BCUT2D eigenvalue weighted by Gasteiger charge is 2.22. The molecule has 0 aromatic carbocycles. The zero-order chi connectivity index (χ0) is 14.4. The van der Waals surface area contributed by atoms with Crippen LogP contribution in [0.4, 0.5) is 0 Å². The van der Waals surface area contributed by atoms with Crippen molar-refractivity contribution in [3.05, 3.63) is 22.4 Å². The lowest BCUT2D eigenvalue weighted by molar-refractivity contribution is -0.132. The lowest BCUT2D eigenvalue weighted by atomic mass is 9.98. The smallest absolute Gasteiger partial charge is 0.236 e. The van der Waals surface area contributed by atoms with Gasteiger partial charge in [-0.3, -0.25) is 9.69 Å². The number of rotatable bonds is 6. The van der Waals surface area contributed by atoms with Crippen molar-refractivity contribution in [2.75, 3.05) is 40.3 Å². The van der Waals surface area contributed by atoms with Gasteiger partial charge in [0.2, 0.25) is 5.91 Å². The minimum absolute atomic E-state index is 0.223. The summed E-state index contributed by atoms with van der Waals surface area (Å²) in [6.07, 6.45) is 2.48. The SMILES string of the molecule is CNCC1CCCN(CC(=O)N(C)Cc2ccsc2)C1. The summed E-state index contributed by atoms with van der Waals surface area (Å²) in [6, 6.07) is 2.08. The number of likely N-dealkylation sites (N-methyl/N-ethyl adjacent to an activating group) is 1. The summed E-state index contributed by atoms with van der Waals surface area (Å²) in [5, 5.41) is 7.40. The van der Waals surface area contributed by atoms with Gasteiger partial charge in [-0.2, -0.15) is 11.3 Å². The Morgan fingerprint density at radius 2 is 2.45 bits per heavy atom. The number of carbonyl (C=O) groups is 1. The molecule has 0 bridgehead atoms. The van der Waals surface area contributed by atoms with Crippen molar-refractivity contribution in [1.29, 1.82) is 0 Å². The zero-order valence-electron chi connectivity index (χ0n) is 12.5. The van der Waals surface area contributed by atoms with Gasteiger partial charge in [0.15, 0.2) is 0 Å². The third-order valence-electron chi connectivity index (χ3n) is 3.88. The van der Waals surface area contributed by atoms with E-state index in [-0.39, 0.29) is 5.91 Å². The molecule has 4 nitrogen and oxygen atoms in total. The fraction of sp³-hybridized carbons (Fsp3) is 0.667. The maximum absolute atomic E-state index is 12.3. The molecule has 1 unspecified atom stereocenters. The van der Waals surface area contributed by atoms with Crippen LogP contribution < -0.4 is 5.32 Å². The van der Waals surface area contributed by atoms with Gasteiger partial charge < -0.3 is 10.2 Å². The van der Waals surface area contributed by atoms with Crippen molar-refractivity contribution in [3.63, 3.8) is 0 Å². The molecule has 2 rings (SSSR count). The third kappa shape index (κ3) is 4.58. The zero-order valence-corrected chi connectivity index (χ0v) is 13.3. The van der Waals surface area contributed by atoms with Gasteiger partial charge in [-0.05, 0) is 61.3 Å². The van der Waals surface area contributed by atoms with E-state index < -0.39 is 0 Å². The molecule has 5 heteroatoms. The van der Waals surface area contributed by atoms with E-state index in [1.54, 1.807) is 11.3 Å². The molecule has 1 aromatic rings. The van der Waals surface area contributed by atoms with Crippen LogP contribution in [0.1, 0.15) is 18.4 Å². The first kappa shape index (κ1) is 15.5. The fourth-order valence-corrected chi connectivity index (χ4v) is 3.47. The van der Waals surface area contributed by atoms with Crippen LogP contribution in [-0.4, -0.2) is 56.0 Å². The summed E-state index contributed by atoms with van der Waals surface area (Å²) in [4.78, 5) is 16.4. The molecule has 1 atom stereocenters. The van der Waals surface area contributed by atoms with E-state index in [4.69, 9.17) is 0 Å². The predicted octanol–water partition coefficient (Wildman–Crippen LogP) is 1.64. The van der Waals surface area contributed by atoms with Crippen LogP contribution in [0, 0.1) is 5.92 Å². The summed E-state index contributed by atoms with van der Waals surface area (Å²) >= 11 is 1.68. The summed E-state index contributed by atoms with van der Waals surface area (Å²) < 4.78 is 0. The second-order valence-electron chi connectivity index (χ2n) is 5.68. The maximum atomic E-state index is 12.3. The number of nitrogens with one attached hydrogen (secondary N) is 1. The molecule has 1 amide bonds. The highest BCUT2D eigenvalue weighted by Crippen LogP contribution is 2.16. The van der Waals surface area contributed by atoms with Gasteiger partial charge >= 0.3 is 0 Å². The number of hydrogen-bond acceptors (Lipinski definition) is 4. The number of piperidine rings is 1. The first-order valence-electron chi connectivity index (χ1n) is 7.31. The van der Waals surface area contributed by atoms with Crippen molar-refractivity contribution >= 4 is 17.2 Å². The lowest BCUT2D eigenvalue weighted by Crippen LogP contribution is -2.44. The highest BCUT2D eigenvalue weighted by atomic mass is 32.1. The van der Waals surface area contributed by atoms with Gasteiger partial charge in [0.1, 0.15) is 0 Å². The van der Waals surface area contributed by atoms with Crippen LogP contribution in [0.3, 0.4) is 0 Å². The van der Waals surface area contributed by atoms with Gasteiger partial charge in [0.25, 0.3) is 0 Å². The highest BCUT2D eigenvalue weighted by molar-refractivity contribution is 7.07. The Balaban J connectivity index is 1.78. The van der Waals surface area contributed by atoms with Gasteiger partial charge in [-0.15, -0.1) is 0 Å². The Morgan fingerprint density at radius 1 is 1.60 bits per heavy atom. The van der Waals surface area contributed by atoms with Crippen LogP contribution in [0.25, 0.3) is 0 Å². The number of carbonyl (C=O) groups excluding carboxylic acids is 1. The second-order valence-corrected chi connectivity index (χ2v) is 6.46. The van der Waals surface area contributed by atoms with Crippen molar-refractivity contribution < 1.29 is 4.79 Å². The van der Waals surface area contributed by atoms with E-state index >= 15 is 0 Å². The molecule has 1 aliphatic heterocycles. The first-order chi connectivity index (χ1) is 9.69. The Hall–Kier alpha value is -0.910. The van der Waals surface area contributed by atoms with Crippen molar-refractivity contribution in [2.45, 2.75) is 19.4 Å². The molecule has 1 aliphatic rings. The largest absolute Gasteiger partial charge is 0.340 e. The van der Waals surface area contributed by atoms with Gasteiger partial charge in [0, 0.05) is 20.1 Å². The van der Waals surface area contributed by atoms with Gasteiger partial charge in [-0.25, -0.2) is 0 Å². The van der Waals surface area contributed by atoms with Gasteiger partial charge in [0.05, 0.1) is 6.54 Å². The van der Waals surface area contributed by atoms with E-state index in [9.17, 15) is 4.79 Å². The van der Waals surface area contributed by atoms with E-state index in [0.29, 0.717) is 12.5 Å². The third-order valence-corrected chi connectivity index (χ3v) is 4.61. The molecule has 0 saturated carbocycles. The van der Waals surface area contributed by atoms with E-state index in [2.05, 4.69) is 27.0 Å². The van der Waals surface area contributed by atoms with E-state index in [1.807, 2.05) is 19.0 Å². The summed E-state index contributed by atoms with van der Waals surface area (Å²) in [5.74, 6) is 0.907. The number of hydrogen-bond donors (Lipinski definition) is 1. The molecular weight excluding hydrogens is 270 g/mol. The Bertz CT molecular complexity index is 405. The van der Waals surface area contributed by atoms with Crippen LogP contribution in [0.5, 0.6) is 0 Å². The Kier molecular flexibility index (Phi) is 6.01. The normalized spacial score (nSPS) is 20.0. The quantitative estimate of drug-likeness (QED) is 0.866. The monoisotopic (exact) mass is 295 g/mol. The molecule has 2 heterocycles. The first-order valence-corrected chi connectivity index (χ1v) is 8.25. The molecule has 1 fully saturated rings. The molecular formula is C15H25N3OS. The Morgan fingerprint density at radius 3 is 3.15 bits per heavy atom. The summed E-state index contributed by atoms with van der Waals surface area (Å²) in [5.41, 5.74) is 1.22. The van der Waals surface area contributed by atoms with Crippen LogP contribution in [0.15, 0.2) is 16.8 Å². The van der Waals surface area contributed by atoms with E-state index in [1.165, 1.54) is 18.4 Å². The average Bonchev–Trinajstić information content (AvgIpc) is 2.92. The fourth-order valence-electron chi connectivity index (χ4n) is 2.81. The number of amides is 1. The minimum atomic E-state index is 0.223. The molecule has 1 N–H and O–H groups in total. The average molecular weight is 295 g/mol. The topological polar surface area (TPSA) is 35.6 Å². The number of likely N-dealkylation sites (tertiary alicyclic amines) is 1. The molecule has 0 aliphatic carbocycles. The standard InChI is InChI=1S/C15H25N3OS/c1-16-8-13-4-3-6-18(10-13)11-15(19)17(2)9-14-5-7-20-12-14/h5,7,12-13,16H,3-4,6,8-11H2,1-2H3. The van der Waals surface area contributed by atoms with Crippen molar-refractivity contribution in [1.82, 2.24) is 15.1 Å². The molecule has 0 spiro atoms. The molecule has 1 aromatic heterocycles. The molecule has 20 heavy (non-hydrogen) atoms. The molecule has 1 saturated heterocycles. The number of nitrogens with zero attached hydrogens (tertiary/aromatic N) is 2. The van der Waals surface area contributed by atoms with Crippen molar-refractivity contribution in [2.24, 2.45) is 5.92 Å². The number of thiophene rings is 1. The summed E-state index contributed by atoms with van der Waals surface area (Å²) in [7, 11) is 3.90. The minimum Gasteiger partial charge on any atom is -0.340 e. The van der Waals surface area contributed by atoms with Crippen LogP contribution in [0.2, 0.25) is 0 Å². The van der Waals surface area contributed by atoms with Crippen LogP contribution in [-0.2, 0) is 11.3 Å². The molecule has 0 radical (unpaired) electrons. The summed E-state index contributed by atoms with van der Waals surface area (Å²) in [6.45, 7) is 4.42. The predicted molar refractivity (Wildman–Crippen MR) is 83.9 cm³/mol. The lowest BCUT2D eigenvalue weighted by Gasteiger charge is -2.33. The van der Waals surface area contributed by atoms with E-state index in [0.717, 1.165) is 26.2 Å². The second kappa shape index (κ2) is 7.76. The van der Waals surface area contributed by atoms with Crippen molar-refractivity contribution in [3.8, 4) is 0 Å².